The Bertz CT molecular complexity index is 766. The maximum absolute atomic E-state index is 5.85. The molecule has 0 bridgehead atoms. The van der Waals surface area contributed by atoms with Crippen molar-refractivity contribution in [1.82, 2.24) is 4.98 Å². The van der Waals surface area contributed by atoms with E-state index in [1.165, 1.54) is 12.0 Å². The number of rotatable bonds is 9. The molecule has 0 aliphatic carbocycles. The van der Waals surface area contributed by atoms with E-state index in [-0.39, 0.29) is 6.10 Å². The molecule has 26 heavy (non-hydrogen) atoms. The zero-order valence-corrected chi connectivity index (χ0v) is 15.4. The van der Waals surface area contributed by atoms with Gasteiger partial charge in [0.15, 0.2) is 0 Å². The van der Waals surface area contributed by atoms with Crippen LogP contribution in [0, 0.1) is 0 Å². The van der Waals surface area contributed by atoms with Crippen molar-refractivity contribution in [2.75, 3.05) is 6.61 Å². The zero-order chi connectivity index (χ0) is 18.0. The molecule has 5 heteroatoms. The summed E-state index contributed by atoms with van der Waals surface area (Å²) in [4.78, 5) is 5.20. The molecule has 1 heterocycles. The summed E-state index contributed by atoms with van der Waals surface area (Å²) in [6.45, 7) is 2.54. The summed E-state index contributed by atoms with van der Waals surface area (Å²) in [5, 5.41) is 0. The highest BCUT2D eigenvalue weighted by Gasteiger charge is 2.10. The van der Waals surface area contributed by atoms with E-state index in [0.29, 0.717) is 12.5 Å². The lowest BCUT2D eigenvalue weighted by atomic mass is 10.3. The fraction of sp³-hybridized carbons (Fsp3) is 0.190. The molecule has 1 aromatic heterocycles. The molecule has 1 unspecified atom stereocenters. The Balaban J connectivity index is 1.47. The molecule has 134 valence electrons. The molecule has 0 aliphatic heterocycles. The second-order valence-electron chi connectivity index (χ2n) is 5.58. The second-order valence-corrected chi connectivity index (χ2v) is 6.38. The average Bonchev–Trinajstić information content (AvgIpc) is 2.72. The number of hydrogen-bond donors (Lipinski definition) is 0. The summed E-state index contributed by atoms with van der Waals surface area (Å²) in [6.07, 6.45) is 2.52. The first kappa shape index (κ1) is 18.1. The maximum Gasteiger partial charge on any atom is 0.213 e. The van der Waals surface area contributed by atoms with Crippen LogP contribution in [0.15, 0.2) is 83.9 Å². The monoisotopic (exact) mass is 367 g/mol. The van der Waals surface area contributed by atoms with Gasteiger partial charge in [0, 0.05) is 17.2 Å². The molecule has 0 saturated heterocycles. The summed E-state index contributed by atoms with van der Waals surface area (Å²) >= 11 is 1.32. The number of para-hydroxylation sites is 1. The number of pyridine rings is 1. The number of hydrogen-bond acceptors (Lipinski definition) is 5. The van der Waals surface area contributed by atoms with Crippen LogP contribution in [0.5, 0.6) is 17.4 Å². The molecule has 3 aromatic rings. The van der Waals surface area contributed by atoms with Gasteiger partial charge in [0.25, 0.3) is 0 Å². The fourth-order valence-corrected chi connectivity index (χ4v) is 2.73. The van der Waals surface area contributed by atoms with Crippen LogP contribution in [0.25, 0.3) is 0 Å². The van der Waals surface area contributed by atoms with E-state index >= 15 is 0 Å². The van der Waals surface area contributed by atoms with Crippen LogP contribution in [0.1, 0.15) is 13.3 Å². The fourth-order valence-electron chi connectivity index (χ4n) is 2.18. The van der Waals surface area contributed by atoms with Crippen molar-refractivity contribution in [2.45, 2.75) is 24.3 Å². The minimum absolute atomic E-state index is 0.0413. The highest BCUT2D eigenvalue weighted by molar-refractivity contribution is 7.95. The van der Waals surface area contributed by atoms with Crippen molar-refractivity contribution in [3.05, 3.63) is 79.0 Å². The quantitative estimate of drug-likeness (QED) is 0.473. The topological polar surface area (TPSA) is 40.6 Å². The van der Waals surface area contributed by atoms with Crippen molar-refractivity contribution in [2.24, 2.45) is 0 Å². The predicted octanol–water partition coefficient (Wildman–Crippen LogP) is 5.40. The Kier molecular flexibility index (Phi) is 6.79. The van der Waals surface area contributed by atoms with Crippen molar-refractivity contribution < 1.29 is 13.7 Å². The second kappa shape index (κ2) is 9.73. The predicted molar refractivity (Wildman–Crippen MR) is 104 cm³/mol. The Morgan fingerprint density at radius 3 is 2.35 bits per heavy atom. The van der Waals surface area contributed by atoms with E-state index in [0.717, 1.165) is 22.8 Å². The molecule has 0 amide bonds. The van der Waals surface area contributed by atoms with Crippen LogP contribution in [0.4, 0.5) is 0 Å². The molecule has 0 saturated carbocycles. The first-order valence-corrected chi connectivity index (χ1v) is 9.28. The van der Waals surface area contributed by atoms with Gasteiger partial charge in [-0.25, -0.2) is 4.98 Å². The molecule has 0 spiro atoms. The maximum atomic E-state index is 5.85. The number of aromatic nitrogens is 1. The molecule has 4 nitrogen and oxygen atoms in total. The van der Waals surface area contributed by atoms with Gasteiger partial charge in [-0.1, -0.05) is 31.2 Å². The normalized spacial score (nSPS) is 11.6. The van der Waals surface area contributed by atoms with Gasteiger partial charge in [-0.05, 0) is 48.9 Å². The molecule has 0 radical (unpaired) electrons. The third-order valence-electron chi connectivity index (χ3n) is 3.62. The van der Waals surface area contributed by atoms with E-state index < -0.39 is 0 Å². The average molecular weight is 367 g/mol. The molecule has 0 fully saturated rings. The van der Waals surface area contributed by atoms with E-state index in [2.05, 4.69) is 11.9 Å². The van der Waals surface area contributed by atoms with Crippen molar-refractivity contribution in [1.29, 1.82) is 0 Å². The Morgan fingerprint density at radius 1 is 0.885 bits per heavy atom. The molecular weight excluding hydrogens is 346 g/mol. The van der Waals surface area contributed by atoms with Crippen LogP contribution in [-0.4, -0.2) is 17.7 Å². The number of ether oxygens (including phenoxy) is 2. The zero-order valence-electron chi connectivity index (χ0n) is 14.6. The third-order valence-corrected chi connectivity index (χ3v) is 4.36. The van der Waals surface area contributed by atoms with Crippen molar-refractivity contribution in [3.63, 3.8) is 0 Å². The Labute approximate surface area is 158 Å². The van der Waals surface area contributed by atoms with E-state index in [4.69, 9.17) is 13.7 Å². The van der Waals surface area contributed by atoms with Crippen LogP contribution >= 0.6 is 12.0 Å². The largest absolute Gasteiger partial charge is 0.490 e. The molecule has 3 rings (SSSR count). The van der Waals surface area contributed by atoms with Crippen LogP contribution in [-0.2, 0) is 0 Å². The summed E-state index contributed by atoms with van der Waals surface area (Å²) in [6, 6.07) is 23.2. The molecule has 1 atom stereocenters. The first-order valence-electron chi connectivity index (χ1n) is 8.53. The minimum atomic E-state index is -0.0413. The number of benzene rings is 2. The lowest BCUT2D eigenvalue weighted by molar-refractivity contribution is 0.120. The molecular formula is C21H21NO3S. The Hall–Kier alpha value is -2.66. The standard InChI is InChI=1S/C21H21NO3S/c1-2-17(24-21-10-6-7-15-22-21)16-23-18-11-13-20(14-12-18)26-25-19-8-4-3-5-9-19/h3-15,17H,2,16H2,1H3. The van der Waals surface area contributed by atoms with Gasteiger partial charge in [0.2, 0.25) is 5.88 Å². The highest BCUT2D eigenvalue weighted by atomic mass is 32.2. The SMILES string of the molecule is CCC(COc1ccc(SOc2ccccc2)cc1)Oc1ccccn1. The molecule has 0 aliphatic rings. The van der Waals surface area contributed by atoms with Gasteiger partial charge >= 0.3 is 0 Å². The van der Waals surface area contributed by atoms with E-state index in [9.17, 15) is 0 Å². The van der Waals surface area contributed by atoms with Crippen molar-refractivity contribution >= 4 is 12.0 Å². The van der Waals surface area contributed by atoms with Gasteiger partial charge in [-0.2, -0.15) is 0 Å². The molecule has 0 N–H and O–H groups in total. The van der Waals surface area contributed by atoms with Gasteiger partial charge in [-0.3, -0.25) is 0 Å². The van der Waals surface area contributed by atoms with Gasteiger partial charge < -0.3 is 13.7 Å². The van der Waals surface area contributed by atoms with Gasteiger partial charge in [-0.15, -0.1) is 0 Å². The van der Waals surface area contributed by atoms with Crippen LogP contribution in [0.3, 0.4) is 0 Å². The van der Waals surface area contributed by atoms with Gasteiger partial charge in [0.1, 0.15) is 24.2 Å². The molecule has 2 aromatic carbocycles. The highest BCUT2D eigenvalue weighted by Crippen LogP contribution is 2.25. The summed E-state index contributed by atoms with van der Waals surface area (Å²) in [5.41, 5.74) is 0. The lowest BCUT2D eigenvalue weighted by Crippen LogP contribution is -2.24. The first-order chi connectivity index (χ1) is 12.8. The van der Waals surface area contributed by atoms with Crippen LogP contribution < -0.4 is 13.7 Å². The summed E-state index contributed by atoms with van der Waals surface area (Å²) in [7, 11) is 0. The minimum Gasteiger partial charge on any atom is -0.490 e. The number of nitrogens with zero attached hydrogens (tertiary/aromatic N) is 1. The summed E-state index contributed by atoms with van der Waals surface area (Å²) in [5.74, 6) is 2.25. The summed E-state index contributed by atoms with van der Waals surface area (Å²) < 4.78 is 17.3. The van der Waals surface area contributed by atoms with Crippen LogP contribution in [0.2, 0.25) is 0 Å². The van der Waals surface area contributed by atoms with E-state index in [1.807, 2.05) is 72.8 Å². The third kappa shape index (κ3) is 5.70. The lowest BCUT2D eigenvalue weighted by Gasteiger charge is -2.17. The van der Waals surface area contributed by atoms with E-state index in [1.54, 1.807) is 6.20 Å². The Morgan fingerprint density at radius 2 is 1.65 bits per heavy atom. The van der Waals surface area contributed by atoms with Gasteiger partial charge in [0.05, 0.1) is 12.0 Å². The smallest absolute Gasteiger partial charge is 0.213 e. The van der Waals surface area contributed by atoms with Crippen molar-refractivity contribution in [3.8, 4) is 17.4 Å².